The molecule has 1 unspecified atom stereocenters. The standard InChI is InChI=1S/C15H20N4O2/c1-11-2-3-14-17-12(6-15(20)19(14)8-11)9-18-4-5-21-13(7-16)10-18/h2-3,6,8,13H,4-5,7,9-10,16H2,1H3. The highest BCUT2D eigenvalue weighted by Gasteiger charge is 2.19. The van der Waals surface area contributed by atoms with Crippen molar-refractivity contribution < 1.29 is 4.74 Å². The Morgan fingerprint density at radius 1 is 1.48 bits per heavy atom. The molecule has 1 fully saturated rings. The minimum Gasteiger partial charge on any atom is -0.374 e. The second-order valence-corrected chi connectivity index (χ2v) is 5.48. The summed E-state index contributed by atoms with van der Waals surface area (Å²) in [6, 6.07) is 5.45. The van der Waals surface area contributed by atoms with Gasteiger partial charge in [0.1, 0.15) is 5.65 Å². The van der Waals surface area contributed by atoms with Crippen LogP contribution in [0.25, 0.3) is 5.65 Å². The van der Waals surface area contributed by atoms with Gasteiger partial charge in [-0.3, -0.25) is 14.1 Å². The van der Waals surface area contributed by atoms with Crippen LogP contribution in [0.1, 0.15) is 11.3 Å². The fourth-order valence-corrected chi connectivity index (χ4v) is 2.63. The summed E-state index contributed by atoms with van der Waals surface area (Å²) < 4.78 is 7.13. The first kappa shape index (κ1) is 14.2. The lowest BCUT2D eigenvalue weighted by Crippen LogP contribution is -2.45. The molecule has 0 bridgehead atoms. The summed E-state index contributed by atoms with van der Waals surface area (Å²) in [7, 11) is 0. The average Bonchev–Trinajstić information content (AvgIpc) is 2.48. The molecule has 1 saturated heterocycles. The molecule has 0 saturated carbocycles. The van der Waals surface area contributed by atoms with Gasteiger partial charge in [0, 0.05) is 38.4 Å². The Kier molecular flexibility index (Phi) is 4.01. The van der Waals surface area contributed by atoms with Gasteiger partial charge in [0.05, 0.1) is 18.4 Å². The third-order valence-corrected chi connectivity index (χ3v) is 3.73. The highest BCUT2D eigenvalue weighted by molar-refractivity contribution is 5.39. The lowest BCUT2D eigenvalue weighted by Gasteiger charge is -2.31. The zero-order chi connectivity index (χ0) is 14.8. The fraction of sp³-hybridized carbons (Fsp3) is 0.467. The number of aromatic nitrogens is 2. The number of ether oxygens (including phenoxy) is 1. The fourth-order valence-electron chi connectivity index (χ4n) is 2.63. The Morgan fingerprint density at radius 3 is 3.14 bits per heavy atom. The number of nitrogens with two attached hydrogens (primary N) is 1. The quantitative estimate of drug-likeness (QED) is 0.871. The molecule has 6 nitrogen and oxygen atoms in total. The maximum atomic E-state index is 12.2. The molecule has 0 amide bonds. The van der Waals surface area contributed by atoms with E-state index in [1.165, 1.54) is 0 Å². The van der Waals surface area contributed by atoms with E-state index in [0.29, 0.717) is 25.3 Å². The number of rotatable bonds is 3. The zero-order valence-electron chi connectivity index (χ0n) is 12.2. The highest BCUT2D eigenvalue weighted by Crippen LogP contribution is 2.09. The van der Waals surface area contributed by atoms with Gasteiger partial charge in [-0.25, -0.2) is 4.98 Å². The first-order valence-corrected chi connectivity index (χ1v) is 7.18. The smallest absolute Gasteiger partial charge is 0.258 e. The number of aryl methyl sites for hydroxylation is 1. The lowest BCUT2D eigenvalue weighted by atomic mass is 10.2. The SMILES string of the molecule is Cc1ccc2nc(CN3CCOC(CN)C3)cc(=O)n2c1. The summed E-state index contributed by atoms with van der Waals surface area (Å²) in [5.41, 5.74) is 8.13. The van der Waals surface area contributed by atoms with E-state index < -0.39 is 0 Å². The van der Waals surface area contributed by atoms with E-state index in [0.717, 1.165) is 24.3 Å². The molecule has 0 spiro atoms. The van der Waals surface area contributed by atoms with Crippen molar-refractivity contribution in [3.63, 3.8) is 0 Å². The number of hydrogen-bond acceptors (Lipinski definition) is 5. The maximum absolute atomic E-state index is 12.2. The third-order valence-electron chi connectivity index (χ3n) is 3.73. The van der Waals surface area contributed by atoms with Crippen LogP contribution in [0.3, 0.4) is 0 Å². The minimum atomic E-state index is -0.0395. The second kappa shape index (κ2) is 5.93. The summed E-state index contributed by atoms with van der Waals surface area (Å²) in [5.74, 6) is 0. The van der Waals surface area contributed by atoms with Gasteiger partial charge in [0.25, 0.3) is 5.56 Å². The molecule has 2 aromatic rings. The highest BCUT2D eigenvalue weighted by atomic mass is 16.5. The van der Waals surface area contributed by atoms with Gasteiger partial charge in [-0.15, -0.1) is 0 Å². The average molecular weight is 288 g/mol. The third kappa shape index (κ3) is 3.12. The van der Waals surface area contributed by atoms with Crippen LogP contribution in [-0.4, -0.2) is 46.6 Å². The topological polar surface area (TPSA) is 72.9 Å². The normalized spacial score (nSPS) is 20.0. The van der Waals surface area contributed by atoms with Gasteiger partial charge < -0.3 is 10.5 Å². The van der Waals surface area contributed by atoms with E-state index in [2.05, 4.69) is 9.88 Å². The molecule has 0 radical (unpaired) electrons. The molecule has 21 heavy (non-hydrogen) atoms. The Labute approximate surface area is 123 Å². The van der Waals surface area contributed by atoms with E-state index in [-0.39, 0.29) is 11.7 Å². The molecule has 0 aromatic carbocycles. The van der Waals surface area contributed by atoms with Crippen molar-refractivity contribution in [3.05, 3.63) is 46.0 Å². The first-order chi connectivity index (χ1) is 10.2. The van der Waals surface area contributed by atoms with E-state index in [1.807, 2.05) is 25.3 Å². The molecule has 1 atom stereocenters. The van der Waals surface area contributed by atoms with Crippen LogP contribution in [0, 0.1) is 6.92 Å². The van der Waals surface area contributed by atoms with Crippen molar-refractivity contribution >= 4 is 5.65 Å². The second-order valence-electron chi connectivity index (χ2n) is 5.48. The molecule has 0 aliphatic carbocycles. The molecule has 1 aliphatic rings. The number of nitrogens with zero attached hydrogens (tertiary/aromatic N) is 3. The summed E-state index contributed by atoms with van der Waals surface area (Å²) in [6.45, 7) is 5.42. The van der Waals surface area contributed by atoms with Gasteiger partial charge >= 0.3 is 0 Å². The molecule has 1 aliphatic heterocycles. The van der Waals surface area contributed by atoms with Crippen molar-refractivity contribution in [2.45, 2.75) is 19.6 Å². The van der Waals surface area contributed by atoms with E-state index in [4.69, 9.17) is 10.5 Å². The summed E-state index contributed by atoms with van der Waals surface area (Å²) in [6.07, 6.45) is 1.89. The van der Waals surface area contributed by atoms with Gasteiger partial charge in [-0.2, -0.15) is 0 Å². The first-order valence-electron chi connectivity index (χ1n) is 7.18. The monoisotopic (exact) mass is 288 g/mol. The van der Waals surface area contributed by atoms with Gasteiger partial charge in [0.15, 0.2) is 0 Å². The largest absolute Gasteiger partial charge is 0.374 e. The molecule has 2 aromatic heterocycles. The van der Waals surface area contributed by atoms with Crippen LogP contribution in [0.5, 0.6) is 0 Å². The van der Waals surface area contributed by atoms with Crippen LogP contribution >= 0.6 is 0 Å². The van der Waals surface area contributed by atoms with Crippen molar-refractivity contribution in [2.75, 3.05) is 26.2 Å². The number of morpholine rings is 1. The van der Waals surface area contributed by atoms with Crippen LogP contribution < -0.4 is 11.3 Å². The van der Waals surface area contributed by atoms with Crippen molar-refractivity contribution in [1.82, 2.24) is 14.3 Å². The summed E-state index contributed by atoms with van der Waals surface area (Å²) in [5, 5.41) is 0. The van der Waals surface area contributed by atoms with E-state index >= 15 is 0 Å². The Hall–Kier alpha value is -1.76. The van der Waals surface area contributed by atoms with Crippen LogP contribution in [0.4, 0.5) is 0 Å². The van der Waals surface area contributed by atoms with Crippen molar-refractivity contribution in [1.29, 1.82) is 0 Å². The summed E-state index contributed by atoms with van der Waals surface area (Å²) >= 11 is 0. The van der Waals surface area contributed by atoms with Crippen LogP contribution in [0.15, 0.2) is 29.2 Å². The summed E-state index contributed by atoms with van der Waals surface area (Å²) in [4.78, 5) is 19.0. The predicted molar refractivity (Wildman–Crippen MR) is 80.3 cm³/mol. The van der Waals surface area contributed by atoms with Crippen molar-refractivity contribution in [2.24, 2.45) is 5.73 Å². The van der Waals surface area contributed by atoms with Gasteiger partial charge in [0.2, 0.25) is 0 Å². The minimum absolute atomic E-state index is 0.0395. The zero-order valence-corrected chi connectivity index (χ0v) is 12.2. The van der Waals surface area contributed by atoms with Gasteiger partial charge in [-0.05, 0) is 18.6 Å². The Morgan fingerprint density at radius 2 is 2.33 bits per heavy atom. The number of hydrogen-bond donors (Lipinski definition) is 1. The molecule has 3 heterocycles. The molecule has 2 N–H and O–H groups in total. The molecule has 112 valence electrons. The predicted octanol–water partition coefficient (Wildman–Crippen LogP) is 0.162. The van der Waals surface area contributed by atoms with E-state index in [9.17, 15) is 4.79 Å². The van der Waals surface area contributed by atoms with Crippen molar-refractivity contribution in [3.8, 4) is 0 Å². The number of pyridine rings is 1. The number of fused-ring (bicyclic) bond motifs is 1. The van der Waals surface area contributed by atoms with Gasteiger partial charge in [-0.1, -0.05) is 6.07 Å². The molecular weight excluding hydrogens is 268 g/mol. The molecule has 3 rings (SSSR count). The Bertz CT molecular complexity index is 698. The van der Waals surface area contributed by atoms with E-state index in [1.54, 1.807) is 10.5 Å². The van der Waals surface area contributed by atoms with Crippen LogP contribution in [0.2, 0.25) is 0 Å². The lowest BCUT2D eigenvalue weighted by molar-refractivity contribution is -0.0264. The Balaban J connectivity index is 1.84. The maximum Gasteiger partial charge on any atom is 0.258 e. The molecule has 6 heteroatoms. The van der Waals surface area contributed by atoms with Crippen LogP contribution in [-0.2, 0) is 11.3 Å². The molecular formula is C15H20N4O2.